The zero-order valence-corrected chi connectivity index (χ0v) is 13.2. The first-order valence-electron chi connectivity index (χ1n) is 7.36. The zero-order valence-electron chi connectivity index (χ0n) is 12.4. The van der Waals surface area contributed by atoms with E-state index in [2.05, 4.69) is 54.6 Å². The lowest BCUT2D eigenvalue weighted by Gasteiger charge is -2.34. The van der Waals surface area contributed by atoms with E-state index < -0.39 is 0 Å². The number of hydrogen-bond acceptors (Lipinski definition) is 3. The second-order valence-corrected chi connectivity index (χ2v) is 6.31. The van der Waals surface area contributed by atoms with Gasteiger partial charge < -0.3 is 10.2 Å². The summed E-state index contributed by atoms with van der Waals surface area (Å²) in [5.41, 5.74) is 1.25. The number of anilines is 1. The molecule has 1 unspecified atom stereocenters. The summed E-state index contributed by atoms with van der Waals surface area (Å²) in [5.74, 6) is 0.808. The Labute approximate surface area is 122 Å². The van der Waals surface area contributed by atoms with Crippen LogP contribution in [0.25, 0.3) is 0 Å². The standard InChI is InChI=1S/C16H26N2S/c1-4-18-11-9-14(10-12-18)13(2)17-15-5-7-16(19-3)8-6-15/h5-8,13-14,17H,4,9-12H2,1-3H3. The van der Waals surface area contributed by atoms with Crippen molar-refractivity contribution in [2.24, 2.45) is 5.92 Å². The molecule has 2 nitrogen and oxygen atoms in total. The summed E-state index contributed by atoms with van der Waals surface area (Å²) in [4.78, 5) is 3.88. The van der Waals surface area contributed by atoms with Crippen LogP contribution in [0, 0.1) is 5.92 Å². The van der Waals surface area contributed by atoms with E-state index in [0.29, 0.717) is 6.04 Å². The lowest BCUT2D eigenvalue weighted by Crippen LogP contribution is -2.39. The molecule has 1 aromatic rings. The molecule has 0 radical (unpaired) electrons. The SMILES string of the molecule is CCN1CCC(C(C)Nc2ccc(SC)cc2)CC1. The Morgan fingerprint density at radius 1 is 1.26 bits per heavy atom. The van der Waals surface area contributed by atoms with Crippen LogP contribution in [0.4, 0.5) is 5.69 Å². The summed E-state index contributed by atoms with van der Waals surface area (Å²) >= 11 is 1.79. The Kier molecular flexibility index (Phi) is 5.59. The Morgan fingerprint density at radius 2 is 1.89 bits per heavy atom. The molecule has 1 aliphatic rings. The maximum Gasteiger partial charge on any atom is 0.0343 e. The minimum Gasteiger partial charge on any atom is -0.382 e. The number of benzene rings is 1. The van der Waals surface area contributed by atoms with Crippen LogP contribution in [0.2, 0.25) is 0 Å². The summed E-state index contributed by atoms with van der Waals surface area (Å²) in [5, 5.41) is 3.67. The van der Waals surface area contributed by atoms with Crippen molar-refractivity contribution >= 4 is 17.4 Å². The van der Waals surface area contributed by atoms with Gasteiger partial charge in [0.25, 0.3) is 0 Å². The third kappa shape index (κ3) is 4.15. The lowest BCUT2D eigenvalue weighted by atomic mass is 9.90. The van der Waals surface area contributed by atoms with E-state index in [1.165, 1.54) is 43.1 Å². The summed E-state index contributed by atoms with van der Waals surface area (Å²) in [6, 6.07) is 9.35. The van der Waals surface area contributed by atoms with E-state index in [9.17, 15) is 0 Å². The van der Waals surface area contributed by atoms with Crippen LogP contribution in [0.15, 0.2) is 29.2 Å². The van der Waals surface area contributed by atoms with Crippen LogP contribution < -0.4 is 5.32 Å². The zero-order chi connectivity index (χ0) is 13.7. The van der Waals surface area contributed by atoms with Gasteiger partial charge in [-0.15, -0.1) is 11.8 Å². The molecule has 1 aromatic carbocycles. The quantitative estimate of drug-likeness (QED) is 0.821. The first-order chi connectivity index (χ1) is 9.22. The molecule has 106 valence electrons. The van der Waals surface area contributed by atoms with Crippen LogP contribution in [0.1, 0.15) is 26.7 Å². The highest BCUT2D eigenvalue weighted by atomic mass is 32.2. The maximum absolute atomic E-state index is 3.67. The molecule has 0 spiro atoms. The van der Waals surface area contributed by atoms with E-state index in [-0.39, 0.29) is 0 Å². The predicted octanol–water partition coefficient (Wildman–Crippen LogP) is 3.94. The van der Waals surface area contributed by atoms with Gasteiger partial charge >= 0.3 is 0 Å². The van der Waals surface area contributed by atoms with E-state index in [1.807, 2.05) is 0 Å². The van der Waals surface area contributed by atoms with Gasteiger partial charge in [0, 0.05) is 16.6 Å². The summed E-state index contributed by atoms with van der Waals surface area (Å²) in [7, 11) is 0. The van der Waals surface area contributed by atoms with Gasteiger partial charge in [0.05, 0.1) is 0 Å². The molecule has 19 heavy (non-hydrogen) atoms. The van der Waals surface area contributed by atoms with Gasteiger partial charge in [-0.25, -0.2) is 0 Å². The lowest BCUT2D eigenvalue weighted by molar-refractivity contribution is 0.183. The molecular weight excluding hydrogens is 252 g/mol. The summed E-state index contributed by atoms with van der Waals surface area (Å²) in [6.07, 6.45) is 4.77. The smallest absolute Gasteiger partial charge is 0.0343 e. The summed E-state index contributed by atoms with van der Waals surface area (Å²) < 4.78 is 0. The number of nitrogens with one attached hydrogen (secondary N) is 1. The minimum absolute atomic E-state index is 0.569. The molecule has 0 aromatic heterocycles. The van der Waals surface area contributed by atoms with Crippen LogP contribution in [-0.4, -0.2) is 36.8 Å². The fraction of sp³-hybridized carbons (Fsp3) is 0.625. The summed E-state index contributed by atoms with van der Waals surface area (Å²) in [6.45, 7) is 8.31. The number of likely N-dealkylation sites (tertiary alicyclic amines) is 1. The van der Waals surface area contributed by atoms with Crippen molar-refractivity contribution in [1.29, 1.82) is 0 Å². The van der Waals surface area contributed by atoms with Crippen molar-refractivity contribution < 1.29 is 0 Å². The van der Waals surface area contributed by atoms with Crippen molar-refractivity contribution in [2.75, 3.05) is 31.2 Å². The van der Waals surface area contributed by atoms with Crippen LogP contribution in [0.5, 0.6) is 0 Å². The van der Waals surface area contributed by atoms with Gasteiger partial charge in [0.2, 0.25) is 0 Å². The Bertz CT molecular complexity index is 369. The van der Waals surface area contributed by atoms with E-state index >= 15 is 0 Å². The Morgan fingerprint density at radius 3 is 2.42 bits per heavy atom. The molecule has 1 atom stereocenters. The molecule has 1 N–H and O–H groups in total. The van der Waals surface area contributed by atoms with Gasteiger partial charge in [-0.1, -0.05) is 6.92 Å². The highest BCUT2D eigenvalue weighted by molar-refractivity contribution is 7.98. The molecule has 1 fully saturated rings. The average molecular weight is 278 g/mol. The number of rotatable bonds is 5. The fourth-order valence-electron chi connectivity index (χ4n) is 2.84. The molecule has 3 heteroatoms. The van der Waals surface area contributed by atoms with Crippen LogP contribution >= 0.6 is 11.8 Å². The second-order valence-electron chi connectivity index (χ2n) is 5.43. The fourth-order valence-corrected chi connectivity index (χ4v) is 3.25. The topological polar surface area (TPSA) is 15.3 Å². The van der Waals surface area contributed by atoms with E-state index in [0.717, 1.165) is 5.92 Å². The monoisotopic (exact) mass is 278 g/mol. The predicted molar refractivity (Wildman–Crippen MR) is 86.1 cm³/mol. The van der Waals surface area contributed by atoms with Gasteiger partial charge in [-0.05, 0) is 75.8 Å². The molecule has 0 amide bonds. The van der Waals surface area contributed by atoms with Crippen LogP contribution in [0.3, 0.4) is 0 Å². The van der Waals surface area contributed by atoms with E-state index in [1.54, 1.807) is 11.8 Å². The normalized spacial score (nSPS) is 19.3. The van der Waals surface area contributed by atoms with Gasteiger partial charge in [0.15, 0.2) is 0 Å². The minimum atomic E-state index is 0.569. The van der Waals surface area contributed by atoms with Crippen molar-refractivity contribution in [3.8, 4) is 0 Å². The third-order valence-electron chi connectivity index (χ3n) is 4.27. The first kappa shape index (κ1) is 14.7. The molecule has 0 saturated carbocycles. The molecule has 1 saturated heterocycles. The molecule has 0 aliphatic carbocycles. The number of thioether (sulfide) groups is 1. The maximum atomic E-state index is 3.67. The Balaban J connectivity index is 1.84. The third-order valence-corrected chi connectivity index (χ3v) is 5.01. The van der Waals surface area contributed by atoms with Crippen molar-refractivity contribution in [1.82, 2.24) is 4.90 Å². The molecular formula is C16H26N2S. The highest BCUT2D eigenvalue weighted by Gasteiger charge is 2.22. The molecule has 1 heterocycles. The molecule has 0 bridgehead atoms. The van der Waals surface area contributed by atoms with E-state index in [4.69, 9.17) is 0 Å². The van der Waals surface area contributed by atoms with Crippen molar-refractivity contribution in [3.63, 3.8) is 0 Å². The van der Waals surface area contributed by atoms with Crippen molar-refractivity contribution in [3.05, 3.63) is 24.3 Å². The Hall–Kier alpha value is -0.670. The first-order valence-corrected chi connectivity index (χ1v) is 8.58. The van der Waals surface area contributed by atoms with Gasteiger partial charge in [0.1, 0.15) is 0 Å². The van der Waals surface area contributed by atoms with Crippen molar-refractivity contribution in [2.45, 2.75) is 37.6 Å². The highest BCUT2D eigenvalue weighted by Crippen LogP contribution is 2.24. The number of nitrogens with zero attached hydrogens (tertiary/aromatic N) is 1. The van der Waals surface area contributed by atoms with Gasteiger partial charge in [-0.2, -0.15) is 0 Å². The van der Waals surface area contributed by atoms with Gasteiger partial charge in [-0.3, -0.25) is 0 Å². The number of piperidine rings is 1. The number of hydrogen-bond donors (Lipinski definition) is 1. The molecule has 1 aliphatic heterocycles. The largest absolute Gasteiger partial charge is 0.382 e. The van der Waals surface area contributed by atoms with Crippen LogP contribution in [-0.2, 0) is 0 Å². The molecule has 2 rings (SSSR count). The average Bonchev–Trinajstić information content (AvgIpc) is 2.48. The second kappa shape index (κ2) is 7.20.